The van der Waals surface area contributed by atoms with Crippen molar-refractivity contribution in [2.45, 2.75) is 20.8 Å². The molecule has 98 valence electrons. The first kappa shape index (κ1) is 17.8. The van der Waals surface area contributed by atoms with Crippen LogP contribution in [-0.2, 0) is 4.79 Å². The fraction of sp³-hybridized carbons (Fsp3) is 0.462. The molecule has 0 aromatic heterocycles. The van der Waals surface area contributed by atoms with Gasteiger partial charge in [-0.1, -0.05) is 46.1 Å². The zero-order chi connectivity index (χ0) is 13.8. The van der Waals surface area contributed by atoms with Crippen LogP contribution in [0.1, 0.15) is 20.8 Å². The van der Waals surface area contributed by atoms with E-state index in [2.05, 4.69) is 13.2 Å². The van der Waals surface area contributed by atoms with Gasteiger partial charge in [0.05, 0.1) is 6.54 Å². The van der Waals surface area contributed by atoms with Gasteiger partial charge in [0, 0.05) is 12.1 Å². The average Bonchev–Trinajstić information content (AvgIpc) is 2.29. The zero-order valence-corrected chi connectivity index (χ0v) is 10.9. The third kappa shape index (κ3) is 9.38. The normalized spacial score (nSPS) is 10.5. The van der Waals surface area contributed by atoms with E-state index in [0.29, 0.717) is 18.7 Å². The lowest BCUT2D eigenvalue weighted by Gasteiger charge is -2.19. The molecule has 0 unspecified atom stereocenters. The van der Waals surface area contributed by atoms with E-state index in [0.717, 1.165) is 0 Å². The van der Waals surface area contributed by atoms with Gasteiger partial charge in [0.1, 0.15) is 5.76 Å². The van der Waals surface area contributed by atoms with E-state index in [1.165, 1.54) is 6.08 Å². The lowest BCUT2D eigenvalue weighted by atomic mass is 10.2. The van der Waals surface area contributed by atoms with Crippen LogP contribution in [0, 0.1) is 0 Å². The standard InChI is InChI=1S/C11H17NO3.C2H6/c1-4-6-10(9(3)13)7-12(5-2)8-11(14)15;1-2/h4,6,13H,1,3,5,7-8H2,2H3,(H,14,15);1-2H3/b10-6-;. The summed E-state index contributed by atoms with van der Waals surface area (Å²) >= 11 is 0. The van der Waals surface area contributed by atoms with E-state index < -0.39 is 5.97 Å². The molecule has 0 bridgehead atoms. The molecule has 0 fully saturated rings. The molecule has 0 heterocycles. The summed E-state index contributed by atoms with van der Waals surface area (Å²) in [5.41, 5.74) is 0.577. The first-order valence-electron chi connectivity index (χ1n) is 5.65. The van der Waals surface area contributed by atoms with E-state index in [-0.39, 0.29) is 12.3 Å². The van der Waals surface area contributed by atoms with Crippen LogP contribution in [0.15, 0.2) is 36.6 Å². The Morgan fingerprint density at radius 2 is 1.82 bits per heavy atom. The quantitative estimate of drug-likeness (QED) is 0.531. The summed E-state index contributed by atoms with van der Waals surface area (Å²) in [6.07, 6.45) is 3.15. The number of aliphatic hydroxyl groups excluding tert-OH is 1. The van der Waals surface area contributed by atoms with Crippen molar-refractivity contribution < 1.29 is 15.0 Å². The number of nitrogens with zero attached hydrogens (tertiary/aromatic N) is 1. The largest absolute Gasteiger partial charge is 0.508 e. The number of hydrogen-bond donors (Lipinski definition) is 2. The van der Waals surface area contributed by atoms with Crippen LogP contribution in [0.3, 0.4) is 0 Å². The highest BCUT2D eigenvalue weighted by atomic mass is 16.4. The van der Waals surface area contributed by atoms with Crippen molar-refractivity contribution in [2.75, 3.05) is 19.6 Å². The Kier molecular flexibility index (Phi) is 11.5. The van der Waals surface area contributed by atoms with Crippen molar-refractivity contribution in [3.8, 4) is 0 Å². The molecule has 0 aromatic carbocycles. The van der Waals surface area contributed by atoms with Gasteiger partial charge in [0.15, 0.2) is 0 Å². The fourth-order valence-electron chi connectivity index (χ4n) is 1.09. The number of rotatable bonds is 7. The number of carboxylic acids is 1. The van der Waals surface area contributed by atoms with Crippen LogP contribution in [0.5, 0.6) is 0 Å². The van der Waals surface area contributed by atoms with Crippen LogP contribution in [0.25, 0.3) is 0 Å². The lowest BCUT2D eigenvalue weighted by molar-refractivity contribution is -0.138. The number of aliphatic hydroxyl groups is 1. The summed E-state index contributed by atoms with van der Waals surface area (Å²) in [6, 6.07) is 0. The molecule has 4 nitrogen and oxygen atoms in total. The molecule has 0 rings (SSSR count). The highest BCUT2D eigenvalue weighted by Crippen LogP contribution is 2.07. The van der Waals surface area contributed by atoms with Crippen LogP contribution >= 0.6 is 0 Å². The molecule has 0 aliphatic rings. The summed E-state index contributed by atoms with van der Waals surface area (Å²) in [5, 5.41) is 17.9. The number of likely N-dealkylation sites (N-methyl/N-ethyl adjacent to an activating group) is 1. The number of carbonyl (C=O) groups is 1. The molecule has 0 spiro atoms. The lowest BCUT2D eigenvalue weighted by Crippen LogP contribution is -2.31. The Hall–Kier alpha value is -1.55. The number of allylic oxidation sites excluding steroid dienone is 2. The van der Waals surface area contributed by atoms with Gasteiger partial charge in [0.25, 0.3) is 0 Å². The van der Waals surface area contributed by atoms with Gasteiger partial charge in [-0.2, -0.15) is 0 Å². The van der Waals surface area contributed by atoms with Gasteiger partial charge < -0.3 is 10.2 Å². The molecule has 0 saturated carbocycles. The number of hydrogen-bond acceptors (Lipinski definition) is 3. The summed E-state index contributed by atoms with van der Waals surface area (Å²) in [7, 11) is 0. The highest BCUT2D eigenvalue weighted by molar-refractivity contribution is 5.69. The Morgan fingerprint density at radius 1 is 1.29 bits per heavy atom. The van der Waals surface area contributed by atoms with Gasteiger partial charge in [-0.15, -0.1) is 0 Å². The smallest absolute Gasteiger partial charge is 0.317 e. The molecule has 0 radical (unpaired) electrons. The maximum Gasteiger partial charge on any atom is 0.317 e. The molecule has 4 heteroatoms. The highest BCUT2D eigenvalue weighted by Gasteiger charge is 2.10. The second-order valence-electron chi connectivity index (χ2n) is 3.07. The molecule has 2 N–H and O–H groups in total. The van der Waals surface area contributed by atoms with E-state index in [4.69, 9.17) is 5.11 Å². The third-order valence-corrected chi connectivity index (χ3v) is 1.89. The van der Waals surface area contributed by atoms with E-state index in [1.807, 2.05) is 20.8 Å². The zero-order valence-electron chi connectivity index (χ0n) is 10.9. The van der Waals surface area contributed by atoms with E-state index >= 15 is 0 Å². The van der Waals surface area contributed by atoms with Gasteiger partial charge in [-0.25, -0.2) is 0 Å². The Labute approximate surface area is 104 Å². The van der Waals surface area contributed by atoms with Crippen molar-refractivity contribution in [1.29, 1.82) is 0 Å². The summed E-state index contributed by atoms with van der Waals surface area (Å²) in [6.45, 7) is 13.7. The van der Waals surface area contributed by atoms with Crippen molar-refractivity contribution >= 4 is 5.97 Å². The maximum atomic E-state index is 10.5. The predicted molar refractivity (Wildman–Crippen MR) is 71.1 cm³/mol. The second kappa shape index (κ2) is 11.0. The van der Waals surface area contributed by atoms with Gasteiger partial charge in [0.2, 0.25) is 0 Å². The molecule has 0 aliphatic heterocycles. The summed E-state index contributed by atoms with van der Waals surface area (Å²) < 4.78 is 0. The first-order valence-corrected chi connectivity index (χ1v) is 5.65. The predicted octanol–water partition coefficient (Wildman–Crippen LogP) is 2.60. The molecular formula is C13H23NO3. The van der Waals surface area contributed by atoms with Crippen LogP contribution in [0.2, 0.25) is 0 Å². The summed E-state index contributed by atoms with van der Waals surface area (Å²) in [5.74, 6) is -0.947. The minimum absolute atomic E-state index is 0.0567. The monoisotopic (exact) mass is 241 g/mol. The number of carboxylic acid groups (broad SMARTS) is 1. The van der Waals surface area contributed by atoms with Crippen LogP contribution in [0.4, 0.5) is 0 Å². The third-order valence-electron chi connectivity index (χ3n) is 1.89. The molecule has 17 heavy (non-hydrogen) atoms. The SMILES string of the molecule is C=C/C=C(/CN(CC)CC(=O)O)C(=C)O.CC. The van der Waals surface area contributed by atoms with Crippen molar-refractivity contribution in [3.05, 3.63) is 36.6 Å². The maximum absolute atomic E-state index is 10.5. The molecule has 0 aliphatic carbocycles. The van der Waals surface area contributed by atoms with Crippen LogP contribution < -0.4 is 0 Å². The van der Waals surface area contributed by atoms with Crippen molar-refractivity contribution in [3.63, 3.8) is 0 Å². The summed E-state index contributed by atoms with van der Waals surface area (Å²) in [4.78, 5) is 12.2. The van der Waals surface area contributed by atoms with Crippen molar-refractivity contribution in [1.82, 2.24) is 4.90 Å². The van der Waals surface area contributed by atoms with E-state index in [9.17, 15) is 9.90 Å². The Balaban J connectivity index is 0. The van der Waals surface area contributed by atoms with Crippen molar-refractivity contribution in [2.24, 2.45) is 0 Å². The minimum atomic E-state index is -0.890. The van der Waals surface area contributed by atoms with E-state index in [1.54, 1.807) is 11.0 Å². The molecular weight excluding hydrogens is 218 g/mol. The molecule has 0 aromatic rings. The molecule has 0 atom stereocenters. The second-order valence-corrected chi connectivity index (χ2v) is 3.07. The Bertz CT molecular complexity index is 282. The van der Waals surface area contributed by atoms with Gasteiger partial charge in [-0.05, 0) is 6.54 Å². The topological polar surface area (TPSA) is 60.8 Å². The first-order chi connectivity index (χ1) is 8.01. The van der Waals surface area contributed by atoms with Gasteiger partial charge in [-0.3, -0.25) is 9.69 Å². The Morgan fingerprint density at radius 3 is 2.12 bits per heavy atom. The number of aliphatic carboxylic acids is 1. The molecule has 0 amide bonds. The average molecular weight is 241 g/mol. The fourth-order valence-corrected chi connectivity index (χ4v) is 1.09. The van der Waals surface area contributed by atoms with Crippen LogP contribution in [-0.4, -0.2) is 40.7 Å². The van der Waals surface area contributed by atoms with Gasteiger partial charge >= 0.3 is 5.97 Å². The minimum Gasteiger partial charge on any atom is -0.508 e. The molecule has 0 saturated heterocycles.